The normalized spacial score (nSPS) is 19.9. The second kappa shape index (κ2) is 7.90. The van der Waals surface area contributed by atoms with Crippen molar-refractivity contribution in [1.29, 1.82) is 0 Å². The molecule has 1 atom stereocenters. The van der Waals surface area contributed by atoms with E-state index in [-0.39, 0.29) is 5.56 Å². The zero-order chi connectivity index (χ0) is 18.9. The highest BCUT2D eigenvalue weighted by atomic mass is 32.2. The molecule has 0 aromatic carbocycles. The van der Waals surface area contributed by atoms with Gasteiger partial charge in [0.15, 0.2) is 4.34 Å². The van der Waals surface area contributed by atoms with Crippen molar-refractivity contribution >= 4 is 28.1 Å². The molecular weight excluding hydrogens is 394 g/mol. The van der Waals surface area contributed by atoms with Gasteiger partial charge in [0.1, 0.15) is 0 Å². The Bertz CT molecular complexity index is 1030. The largest absolute Gasteiger partial charge is 0.377 e. The van der Waals surface area contributed by atoms with E-state index < -0.39 is 0 Å². The fourth-order valence-corrected chi connectivity index (χ4v) is 5.65. The Morgan fingerprint density at radius 3 is 3.04 bits per heavy atom. The van der Waals surface area contributed by atoms with Gasteiger partial charge in [0.25, 0.3) is 5.56 Å². The van der Waals surface area contributed by atoms with Crippen LogP contribution in [0.2, 0.25) is 0 Å². The number of ether oxygens (including phenoxy) is 1. The van der Waals surface area contributed by atoms with E-state index in [0.29, 0.717) is 17.6 Å². The quantitative estimate of drug-likeness (QED) is 0.593. The van der Waals surface area contributed by atoms with Gasteiger partial charge in [-0.1, -0.05) is 23.1 Å². The van der Waals surface area contributed by atoms with Gasteiger partial charge in [0, 0.05) is 50.8 Å². The molecule has 1 saturated heterocycles. The highest BCUT2D eigenvalue weighted by Gasteiger charge is 2.26. The summed E-state index contributed by atoms with van der Waals surface area (Å²) in [5.74, 6) is 0.798. The van der Waals surface area contributed by atoms with Gasteiger partial charge in [-0.05, 0) is 30.5 Å². The van der Waals surface area contributed by atoms with Gasteiger partial charge in [0.05, 0.1) is 17.4 Å². The SMILES string of the molecule is O=c1c2c(nc3sc(SCc4ccncc4)nn13)CCN(C[C@H]1CCCO1)C2. The molecule has 7 nitrogen and oxygen atoms in total. The molecule has 3 aromatic heterocycles. The Hall–Kier alpha value is -1.81. The van der Waals surface area contributed by atoms with E-state index >= 15 is 0 Å². The smallest absolute Gasteiger partial charge is 0.279 e. The minimum atomic E-state index is -0.0240. The molecule has 2 aliphatic rings. The first kappa shape index (κ1) is 18.2. The molecule has 0 saturated carbocycles. The molecule has 1 fully saturated rings. The van der Waals surface area contributed by atoms with Crippen LogP contribution in [-0.4, -0.2) is 50.3 Å². The van der Waals surface area contributed by atoms with Crippen LogP contribution in [0.4, 0.5) is 0 Å². The number of hydrogen-bond donors (Lipinski definition) is 0. The summed E-state index contributed by atoms with van der Waals surface area (Å²) in [5, 5.41) is 4.53. The van der Waals surface area contributed by atoms with Crippen LogP contribution in [0.5, 0.6) is 0 Å². The first-order chi connectivity index (χ1) is 13.8. The van der Waals surface area contributed by atoms with E-state index in [0.717, 1.165) is 60.3 Å². The molecule has 28 heavy (non-hydrogen) atoms. The van der Waals surface area contributed by atoms with Crippen molar-refractivity contribution in [1.82, 2.24) is 24.5 Å². The van der Waals surface area contributed by atoms with Crippen molar-refractivity contribution in [3.63, 3.8) is 0 Å². The summed E-state index contributed by atoms with van der Waals surface area (Å²) in [7, 11) is 0. The molecule has 3 aromatic rings. The number of thioether (sulfide) groups is 1. The van der Waals surface area contributed by atoms with E-state index in [2.05, 4.69) is 15.0 Å². The Balaban J connectivity index is 1.36. The van der Waals surface area contributed by atoms with Crippen molar-refractivity contribution in [2.24, 2.45) is 0 Å². The van der Waals surface area contributed by atoms with E-state index in [1.165, 1.54) is 21.4 Å². The number of fused-ring (bicyclic) bond motifs is 2. The molecule has 2 aliphatic heterocycles. The fraction of sp³-hybridized carbons (Fsp3) is 0.474. The maximum absolute atomic E-state index is 13.0. The summed E-state index contributed by atoms with van der Waals surface area (Å²) in [6, 6.07) is 3.98. The molecule has 0 spiro atoms. The predicted molar refractivity (Wildman–Crippen MR) is 109 cm³/mol. The van der Waals surface area contributed by atoms with Gasteiger partial charge in [-0.15, -0.1) is 5.10 Å². The van der Waals surface area contributed by atoms with Crippen LogP contribution >= 0.6 is 23.1 Å². The predicted octanol–water partition coefficient (Wildman–Crippen LogP) is 2.38. The van der Waals surface area contributed by atoms with Crippen LogP contribution in [0, 0.1) is 0 Å². The second-order valence-corrected chi connectivity index (χ2v) is 9.35. The lowest BCUT2D eigenvalue weighted by Crippen LogP contribution is -2.40. The monoisotopic (exact) mass is 415 g/mol. The van der Waals surface area contributed by atoms with E-state index in [1.54, 1.807) is 24.2 Å². The Kier molecular flexibility index (Phi) is 5.15. The molecule has 5 heterocycles. The molecule has 0 amide bonds. The molecule has 0 aliphatic carbocycles. The molecule has 0 bridgehead atoms. The van der Waals surface area contributed by atoms with Gasteiger partial charge in [-0.3, -0.25) is 14.7 Å². The van der Waals surface area contributed by atoms with Gasteiger partial charge in [-0.25, -0.2) is 4.98 Å². The standard InChI is InChI=1S/C19H21N5O2S2/c25-17-15-11-23(10-14-2-1-9-26-14)8-5-16(15)21-18-24(17)22-19(28-18)27-12-13-3-6-20-7-4-13/h3-4,6-7,14H,1-2,5,8-12H2/t14-/m1/s1. The average molecular weight is 416 g/mol. The van der Waals surface area contributed by atoms with Crippen molar-refractivity contribution in [2.75, 3.05) is 19.7 Å². The summed E-state index contributed by atoms with van der Waals surface area (Å²) in [4.78, 5) is 24.8. The minimum Gasteiger partial charge on any atom is -0.377 e. The van der Waals surface area contributed by atoms with Crippen LogP contribution < -0.4 is 5.56 Å². The first-order valence-electron chi connectivity index (χ1n) is 9.53. The van der Waals surface area contributed by atoms with Crippen molar-refractivity contribution in [2.45, 2.75) is 42.0 Å². The molecule has 0 unspecified atom stereocenters. The molecule has 146 valence electrons. The third-order valence-electron chi connectivity index (χ3n) is 5.21. The fourth-order valence-electron chi connectivity index (χ4n) is 3.75. The number of aromatic nitrogens is 4. The lowest BCUT2D eigenvalue weighted by atomic mass is 10.1. The van der Waals surface area contributed by atoms with Gasteiger partial charge in [-0.2, -0.15) is 4.52 Å². The highest BCUT2D eigenvalue weighted by Crippen LogP contribution is 2.27. The summed E-state index contributed by atoms with van der Waals surface area (Å²) in [6.07, 6.45) is 6.94. The summed E-state index contributed by atoms with van der Waals surface area (Å²) >= 11 is 3.11. The van der Waals surface area contributed by atoms with Crippen LogP contribution in [0.1, 0.15) is 29.7 Å². The first-order valence-corrected chi connectivity index (χ1v) is 11.3. The zero-order valence-corrected chi connectivity index (χ0v) is 17.0. The van der Waals surface area contributed by atoms with Gasteiger partial charge in [0.2, 0.25) is 4.96 Å². The van der Waals surface area contributed by atoms with E-state index in [4.69, 9.17) is 9.72 Å². The second-order valence-electron chi connectivity index (χ2n) is 7.17. The molecule has 5 rings (SSSR count). The molecule has 9 heteroatoms. The van der Waals surface area contributed by atoms with Crippen LogP contribution in [-0.2, 0) is 23.5 Å². The summed E-state index contributed by atoms with van der Waals surface area (Å²) in [6.45, 7) is 3.32. The number of nitrogens with zero attached hydrogens (tertiary/aromatic N) is 5. The summed E-state index contributed by atoms with van der Waals surface area (Å²) in [5.41, 5.74) is 2.88. The Morgan fingerprint density at radius 1 is 1.32 bits per heavy atom. The molecule has 0 radical (unpaired) electrons. The van der Waals surface area contributed by atoms with Crippen LogP contribution in [0.25, 0.3) is 4.96 Å². The number of rotatable bonds is 5. The topological polar surface area (TPSA) is 72.6 Å². The summed E-state index contributed by atoms with van der Waals surface area (Å²) < 4.78 is 8.09. The minimum absolute atomic E-state index is 0.0240. The van der Waals surface area contributed by atoms with Crippen LogP contribution in [0.3, 0.4) is 0 Å². The lowest BCUT2D eigenvalue weighted by molar-refractivity contribution is 0.0683. The Labute approximate surface area is 170 Å². The van der Waals surface area contributed by atoms with Crippen molar-refractivity contribution < 1.29 is 4.74 Å². The molecular formula is C19H21N5O2S2. The van der Waals surface area contributed by atoms with Crippen LogP contribution in [0.15, 0.2) is 33.7 Å². The lowest BCUT2D eigenvalue weighted by Gasteiger charge is -2.29. The van der Waals surface area contributed by atoms with E-state index in [1.807, 2.05) is 12.1 Å². The third kappa shape index (κ3) is 3.71. The number of hydrogen-bond acceptors (Lipinski definition) is 8. The molecule has 0 N–H and O–H groups in total. The third-order valence-corrected chi connectivity index (χ3v) is 7.33. The number of pyridine rings is 1. The maximum Gasteiger partial charge on any atom is 0.279 e. The van der Waals surface area contributed by atoms with E-state index in [9.17, 15) is 4.79 Å². The Morgan fingerprint density at radius 2 is 2.21 bits per heavy atom. The van der Waals surface area contributed by atoms with Gasteiger partial charge >= 0.3 is 0 Å². The van der Waals surface area contributed by atoms with Crippen molar-refractivity contribution in [3.05, 3.63) is 51.7 Å². The van der Waals surface area contributed by atoms with Gasteiger partial charge < -0.3 is 4.74 Å². The highest BCUT2D eigenvalue weighted by molar-refractivity contribution is 8.00. The zero-order valence-electron chi connectivity index (χ0n) is 15.4. The van der Waals surface area contributed by atoms with Crippen molar-refractivity contribution in [3.8, 4) is 0 Å². The maximum atomic E-state index is 13.0. The average Bonchev–Trinajstić information content (AvgIpc) is 3.38.